The Morgan fingerprint density at radius 1 is 1.22 bits per heavy atom. The largest absolute Gasteiger partial charge is 0.442 e. The first-order valence-electron chi connectivity index (χ1n) is 8.69. The maximum atomic E-state index is 11.8. The summed E-state index contributed by atoms with van der Waals surface area (Å²) >= 11 is 8.30. The van der Waals surface area contributed by atoms with Gasteiger partial charge in [-0.05, 0) is 58.0 Å². The molecule has 6 heteroatoms. The number of carbonyl (C=O) groups is 1. The Kier molecular flexibility index (Phi) is 7.16. The van der Waals surface area contributed by atoms with Gasteiger partial charge in [0.1, 0.15) is 5.60 Å². The van der Waals surface area contributed by atoms with Crippen LogP contribution in [0.3, 0.4) is 0 Å². The molecule has 2 rings (SSSR count). The molecule has 0 saturated heterocycles. The van der Waals surface area contributed by atoms with E-state index in [0.717, 1.165) is 9.13 Å². The van der Waals surface area contributed by atoms with E-state index in [-0.39, 0.29) is 6.42 Å². The summed E-state index contributed by atoms with van der Waals surface area (Å²) in [7, 11) is 0. The average Bonchev–Trinajstić information content (AvgIpc) is 2.55. The predicted molar refractivity (Wildman–Crippen MR) is 117 cm³/mol. The van der Waals surface area contributed by atoms with Gasteiger partial charge < -0.3 is 15.6 Å². The van der Waals surface area contributed by atoms with Gasteiger partial charge in [0.2, 0.25) is 0 Å². The summed E-state index contributed by atoms with van der Waals surface area (Å²) in [6.45, 7) is 5.94. The lowest BCUT2D eigenvalue weighted by atomic mass is 9.69. The van der Waals surface area contributed by atoms with Crippen LogP contribution in [-0.4, -0.2) is 16.8 Å². The van der Waals surface area contributed by atoms with Crippen molar-refractivity contribution >= 4 is 40.3 Å². The van der Waals surface area contributed by atoms with Gasteiger partial charge in [0.15, 0.2) is 0 Å². The number of rotatable bonds is 6. The van der Waals surface area contributed by atoms with Gasteiger partial charge in [0.25, 0.3) is 0 Å². The van der Waals surface area contributed by atoms with Crippen LogP contribution >= 0.6 is 34.2 Å². The number of amides is 1. The Bertz CT molecular complexity index is 789. The third kappa shape index (κ3) is 5.83. The minimum Gasteiger partial charge on any atom is -0.442 e. The Hall–Kier alpha value is -1.31. The molecular formula is C21H25ClINO3. The zero-order chi connectivity index (χ0) is 20.2. The van der Waals surface area contributed by atoms with Gasteiger partial charge in [0, 0.05) is 26.8 Å². The van der Waals surface area contributed by atoms with E-state index >= 15 is 0 Å². The van der Waals surface area contributed by atoms with Gasteiger partial charge >= 0.3 is 6.09 Å². The molecule has 2 aromatic rings. The van der Waals surface area contributed by atoms with Crippen LogP contribution < -0.4 is 5.73 Å². The Balaban J connectivity index is 2.43. The molecule has 0 spiro atoms. The highest BCUT2D eigenvalue weighted by atomic mass is 127. The van der Waals surface area contributed by atoms with E-state index in [0.29, 0.717) is 17.0 Å². The number of benzene rings is 2. The number of aliphatic hydroxyl groups is 1. The molecule has 0 aliphatic heterocycles. The van der Waals surface area contributed by atoms with Crippen molar-refractivity contribution in [1.82, 2.24) is 0 Å². The molecule has 0 aliphatic rings. The molecular weight excluding hydrogens is 477 g/mol. The molecule has 0 aromatic heterocycles. The van der Waals surface area contributed by atoms with Crippen LogP contribution in [0.15, 0.2) is 48.5 Å². The van der Waals surface area contributed by atoms with Gasteiger partial charge in [-0.25, -0.2) is 4.79 Å². The highest BCUT2D eigenvalue weighted by Gasteiger charge is 2.47. The maximum Gasteiger partial charge on any atom is 0.405 e. The van der Waals surface area contributed by atoms with Gasteiger partial charge in [0.05, 0.1) is 6.10 Å². The minimum atomic E-state index is -0.993. The smallest absolute Gasteiger partial charge is 0.405 e. The van der Waals surface area contributed by atoms with E-state index in [9.17, 15) is 9.90 Å². The van der Waals surface area contributed by atoms with E-state index in [1.165, 1.54) is 0 Å². The van der Waals surface area contributed by atoms with E-state index in [4.69, 9.17) is 22.1 Å². The summed E-state index contributed by atoms with van der Waals surface area (Å²) in [5, 5.41) is 11.4. The van der Waals surface area contributed by atoms with Crippen molar-refractivity contribution in [2.75, 3.05) is 0 Å². The van der Waals surface area contributed by atoms with Crippen LogP contribution in [0.25, 0.3) is 0 Å². The van der Waals surface area contributed by atoms with E-state index in [1.54, 1.807) is 24.3 Å². The molecule has 146 valence electrons. The zero-order valence-electron chi connectivity index (χ0n) is 15.7. The fourth-order valence-corrected chi connectivity index (χ4v) is 3.70. The molecule has 2 atom stereocenters. The topological polar surface area (TPSA) is 72.6 Å². The van der Waals surface area contributed by atoms with Crippen LogP contribution in [0.5, 0.6) is 0 Å². The SMILES string of the molecule is CC(C)(C)C(Cc1ccc(I)cc1)(C[C@@H](O)c1cccc(Cl)c1)OC(N)=O. The number of primary amides is 1. The van der Waals surface area contributed by atoms with Gasteiger partial charge in [-0.1, -0.05) is 56.6 Å². The first-order chi connectivity index (χ1) is 12.5. The number of hydrogen-bond acceptors (Lipinski definition) is 3. The summed E-state index contributed by atoms with van der Waals surface area (Å²) in [5.74, 6) is 0. The molecule has 1 amide bonds. The van der Waals surface area contributed by atoms with Crippen molar-refractivity contribution in [3.05, 3.63) is 68.3 Å². The number of ether oxygens (including phenoxy) is 1. The third-order valence-electron chi connectivity index (χ3n) is 4.82. The van der Waals surface area contributed by atoms with Crippen LogP contribution in [0.4, 0.5) is 4.79 Å². The first-order valence-corrected chi connectivity index (χ1v) is 10.1. The quantitative estimate of drug-likeness (QED) is 0.514. The first kappa shape index (κ1) is 22.0. The van der Waals surface area contributed by atoms with Crippen LogP contribution in [-0.2, 0) is 11.2 Å². The minimum absolute atomic E-state index is 0.200. The van der Waals surface area contributed by atoms with Gasteiger partial charge in [-0.3, -0.25) is 0 Å². The summed E-state index contributed by atoms with van der Waals surface area (Å²) in [6, 6.07) is 15.1. The van der Waals surface area contributed by atoms with Crippen LogP contribution in [0, 0.1) is 8.99 Å². The van der Waals surface area contributed by atoms with Crippen LogP contribution in [0.2, 0.25) is 5.02 Å². The molecule has 0 fully saturated rings. The zero-order valence-corrected chi connectivity index (χ0v) is 18.6. The highest BCUT2D eigenvalue weighted by molar-refractivity contribution is 14.1. The monoisotopic (exact) mass is 501 g/mol. The molecule has 0 saturated carbocycles. The molecule has 27 heavy (non-hydrogen) atoms. The lowest BCUT2D eigenvalue weighted by Gasteiger charge is -2.45. The number of carbonyl (C=O) groups excluding carboxylic acids is 1. The lowest BCUT2D eigenvalue weighted by Crippen LogP contribution is -2.51. The number of halogens is 2. The van der Waals surface area contributed by atoms with Crippen molar-refractivity contribution in [1.29, 1.82) is 0 Å². The van der Waals surface area contributed by atoms with Crippen molar-refractivity contribution in [3.8, 4) is 0 Å². The Labute approximate surface area is 179 Å². The average molecular weight is 502 g/mol. The van der Waals surface area contributed by atoms with Crippen molar-refractivity contribution < 1.29 is 14.6 Å². The van der Waals surface area contributed by atoms with Gasteiger partial charge in [-0.2, -0.15) is 0 Å². The standard InChI is InChI=1S/C21H25ClINO3/c1-20(2,3)21(27-19(24)26,12-14-7-9-17(23)10-8-14)13-18(25)15-5-4-6-16(22)11-15/h4-11,18,25H,12-13H2,1-3H3,(H2,24,26)/t18-,21?/m1/s1. The molecule has 0 radical (unpaired) electrons. The van der Waals surface area contributed by atoms with Crippen LogP contribution in [0.1, 0.15) is 44.4 Å². The predicted octanol–water partition coefficient (Wildman–Crippen LogP) is 5.49. The maximum absolute atomic E-state index is 11.8. The second-order valence-corrected chi connectivity index (χ2v) is 9.43. The molecule has 0 aliphatic carbocycles. The summed E-state index contributed by atoms with van der Waals surface area (Å²) in [5.41, 5.74) is 5.64. The van der Waals surface area contributed by atoms with E-state index in [2.05, 4.69) is 22.6 Å². The highest BCUT2D eigenvalue weighted by Crippen LogP contribution is 2.43. The molecule has 3 N–H and O–H groups in total. The van der Waals surface area contributed by atoms with E-state index < -0.39 is 23.2 Å². The fourth-order valence-electron chi connectivity index (χ4n) is 3.14. The summed E-state index contributed by atoms with van der Waals surface area (Å²) in [4.78, 5) is 11.8. The number of hydrogen-bond donors (Lipinski definition) is 2. The normalized spacial score (nSPS) is 15.0. The lowest BCUT2D eigenvalue weighted by molar-refractivity contribution is -0.0931. The second-order valence-electron chi connectivity index (χ2n) is 7.74. The van der Waals surface area contributed by atoms with Crippen molar-refractivity contribution in [3.63, 3.8) is 0 Å². The summed E-state index contributed by atoms with van der Waals surface area (Å²) < 4.78 is 6.82. The van der Waals surface area contributed by atoms with E-state index in [1.807, 2.05) is 45.0 Å². The van der Waals surface area contributed by atoms with Crippen molar-refractivity contribution in [2.24, 2.45) is 11.1 Å². The second kappa shape index (κ2) is 8.80. The molecule has 0 heterocycles. The molecule has 2 aromatic carbocycles. The fraction of sp³-hybridized carbons (Fsp3) is 0.381. The third-order valence-corrected chi connectivity index (χ3v) is 5.78. The molecule has 0 bridgehead atoms. The molecule has 1 unspecified atom stereocenters. The van der Waals surface area contributed by atoms with Gasteiger partial charge in [-0.15, -0.1) is 0 Å². The van der Waals surface area contributed by atoms with Crippen molar-refractivity contribution in [2.45, 2.75) is 45.3 Å². The Morgan fingerprint density at radius 2 is 1.85 bits per heavy atom. The Morgan fingerprint density at radius 3 is 2.37 bits per heavy atom. The summed E-state index contributed by atoms with van der Waals surface area (Å²) in [6.07, 6.45) is -1.07. The number of nitrogens with two attached hydrogens (primary N) is 1. The molecule has 4 nitrogen and oxygen atoms in total. The number of aliphatic hydroxyl groups excluding tert-OH is 1.